The lowest BCUT2D eigenvalue weighted by Crippen LogP contribution is -2.58. The zero-order valence-corrected chi connectivity index (χ0v) is 16.6. The van der Waals surface area contributed by atoms with Gasteiger partial charge in [0.25, 0.3) is 0 Å². The molecule has 2 saturated heterocycles. The Morgan fingerprint density at radius 2 is 1.90 bits per heavy atom. The van der Waals surface area contributed by atoms with E-state index in [1.807, 2.05) is 24.4 Å². The van der Waals surface area contributed by atoms with E-state index < -0.39 is 0 Å². The number of hydrogen-bond donors (Lipinski definition) is 1. The van der Waals surface area contributed by atoms with Gasteiger partial charge in [0, 0.05) is 66.6 Å². The van der Waals surface area contributed by atoms with Crippen LogP contribution in [0.2, 0.25) is 0 Å². The molecule has 6 rings (SSSR count). The van der Waals surface area contributed by atoms with Crippen molar-refractivity contribution in [1.29, 1.82) is 0 Å². The lowest BCUT2D eigenvalue weighted by Gasteiger charge is -2.50. The fraction of sp³-hybridized carbons (Fsp3) is 0.458. The van der Waals surface area contributed by atoms with Gasteiger partial charge in [-0.2, -0.15) is 0 Å². The molecule has 2 bridgehead atoms. The first kappa shape index (κ1) is 17.5. The van der Waals surface area contributed by atoms with E-state index in [2.05, 4.69) is 39.1 Å². The second-order valence-electron chi connectivity index (χ2n) is 8.63. The molecule has 3 aliphatic rings. The van der Waals surface area contributed by atoms with Crippen molar-refractivity contribution >= 4 is 10.9 Å². The van der Waals surface area contributed by atoms with E-state index in [1.165, 1.54) is 22.2 Å². The predicted molar refractivity (Wildman–Crippen MR) is 112 cm³/mol. The van der Waals surface area contributed by atoms with Crippen molar-refractivity contribution in [1.82, 2.24) is 14.9 Å². The number of nitrogens with one attached hydrogen (secondary N) is 1. The minimum absolute atomic E-state index is 0.108. The van der Waals surface area contributed by atoms with E-state index >= 15 is 0 Å². The Morgan fingerprint density at radius 1 is 1.03 bits per heavy atom. The molecular weight excluding hydrogens is 362 g/mol. The SMILES string of the molecule is c1ccc(O[C@H]2CN(C3CCOCC3)[C@H]3Cc4c([nH]c5ccccc45)[C@@H]2C3)nc1. The number of para-hydroxylation sites is 1. The van der Waals surface area contributed by atoms with E-state index in [-0.39, 0.29) is 6.10 Å². The monoisotopic (exact) mass is 389 g/mol. The average Bonchev–Trinajstić information content (AvgIpc) is 3.16. The van der Waals surface area contributed by atoms with Crippen molar-refractivity contribution in [2.75, 3.05) is 19.8 Å². The number of likely N-dealkylation sites (tertiary alicyclic amines) is 1. The van der Waals surface area contributed by atoms with Crippen molar-refractivity contribution in [2.45, 2.75) is 49.8 Å². The lowest BCUT2D eigenvalue weighted by molar-refractivity contribution is -0.0382. The first-order valence-corrected chi connectivity index (χ1v) is 10.9. The molecule has 150 valence electrons. The molecule has 1 aliphatic carbocycles. The van der Waals surface area contributed by atoms with Gasteiger partial charge in [0.15, 0.2) is 0 Å². The first-order valence-electron chi connectivity index (χ1n) is 10.9. The Hall–Kier alpha value is -2.37. The van der Waals surface area contributed by atoms with Crippen molar-refractivity contribution in [3.63, 3.8) is 0 Å². The summed E-state index contributed by atoms with van der Waals surface area (Å²) < 4.78 is 12.2. The topological polar surface area (TPSA) is 50.4 Å². The second-order valence-corrected chi connectivity index (χ2v) is 8.63. The highest BCUT2D eigenvalue weighted by atomic mass is 16.5. The summed E-state index contributed by atoms with van der Waals surface area (Å²) in [6.45, 7) is 2.72. The summed E-state index contributed by atoms with van der Waals surface area (Å²) >= 11 is 0. The maximum Gasteiger partial charge on any atom is 0.213 e. The third kappa shape index (κ3) is 3.04. The summed E-state index contributed by atoms with van der Waals surface area (Å²) in [5.74, 6) is 1.11. The molecule has 2 aromatic heterocycles. The Bertz CT molecular complexity index is 996. The largest absolute Gasteiger partial charge is 0.472 e. The molecule has 1 N–H and O–H groups in total. The molecule has 3 aromatic rings. The van der Waals surface area contributed by atoms with E-state index in [0.717, 1.165) is 51.3 Å². The van der Waals surface area contributed by atoms with Gasteiger partial charge in [-0.3, -0.25) is 4.90 Å². The molecule has 0 saturated carbocycles. The van der Waals surface area contributed by atoms with Gasteiger partial charge in [-0.1, -0.05) is 24.3 Å². The number of benzene rings is 1. The maximum atomic E-state index is 6.51. The zero-order valence-electron chi connectivity index (χ0n) is 16.6. The fourth-order valence-electron chi connectivity index (χ4n) is 5.72. The number of aromatic nitrogens is 2. The molecule has 5 nitrogen and oxygen atoms in total. The molecule has 4 heterocycles. The summed E-state index contributed by atoms with van der Waals surface area (Å²) in [5.41, 5.74) is 4.13. The standard InChI is InChI=1S/C24H27N3O2/c1-2-6-21-18(5-1)19-13-17-14-20(24(19)26-21)22(29-23-7-3-4-10-25-23)15-27(17)16-8-11-28-12-9-16/h1-7,10,16-17,20,22,26H,8-9,11-15H2/t17-,20+,22-/m0/s1. The van der Waals surface area contributed by atoms with Crippen LogP contribution in [0.4, 0.5) is 0 Å². The third-order valence-corrected chi connectivity index (χ3v) is 7.06. The quantitative estimate of drug-likeness (QED) is 0.738. The van der Waals surface area contributed by atoms with Crippen molar-refractivity contribution < 1.29 is 9.47 Å². The van der Waals surface area contributed by atoms with Crippen LogP contribution in [-0.2, 0) is 11.2 Å². The fourth-order valence-corrected chi connectivity index (χ4v) is 5.72. The van der Waals surface area contributed by atoms with Gasteiger partial charge in [0.1, 0.15) is 6.10 Å². The molecule has 0 amide bonds. The third-order valence-electron chi connectivity index (χ3n) is 7.06. The van der Waals surface area contributed by atoms with Crippen LogP contribution in [0, 0.1) is 0 Å². The number of ether oxygens (including phenoxy) is 2. The molecule has 5 heteroatoms. The smallest absolute Gasteiger partial charge is 0.213 e. The summed E-state index contributed by atoms with van der Waals surface area (Å²) in [5, 5.41) is 1.38. The average molecular weight is 389 g/mol. The number of fused-ring (bicyclic) bond motifs is 6. The predicted octanol–water partition coefficient (Wildman–Crippen LogP) is 3.90. The van der Waals surface area contributed by atoms with Crippen LogP contribution in [0.3, 0.4) is 0 Å². The Kier molecular flexibility index (Phi) is 4.31. The molecule has 2 aliphatic heterocycles. The first-order chi connectivity index (χ1) is 14.4. The number of aromatic amines is 1. The zero-order chi connectivity index (χ0) is 19.2. The molecule has 2 fully saturated rings. The van der Waals surface area contributed by atoms with Gasteiger partial charge in [-0.15, -0.1) is 0 Å². The summed E-state index contributed by atoms with van der Waals surface area (Å²) in [4.78, 5) is 10.9. The van der Waals surface area contributed by atoms with Crippen LogP contribution < -0.4 is 4.74 Å². The minimum atomic E-state index is 0.108. The number of pyridine rings is 1. The van der Waals surface area contributed by atoms with Gasteiger partial charge in [0.05, 0.1) is 0 Å². The van der Waals surface area contributed by atoms with E-state index in [1.54, 1.807) is 0 Å². The van der Waals surface area contributed by atoms with Gasteiger partial charge in [-0.25, -0.2) is 4.98 Å². The molecule has 0 spiro atoms. The van der Waals surface area contributed by atoms with Gasteiger partial charge in [0.2, 0.25) is 5.88 Å². The Morgan fingerprint density at radius 3 is 2.76 bits per heavy atom. The Balaban J connectivity index is 1.40. The molecule has 0 radical (unpaired) electrons. The number of H-pyrrole nitrogens is 1. The summed E-state index contributed by atoms with van der Waals surface area (Å²) in [6, 6.07) is 15.8. The van der Waals surface area contributed by atoms with Gasteiger partial charge >= 0.3 is 0 Å². The molecule has 3 atom stereocenters. The maximum absolute atomic E-state index is 6.51. The minimum Gasteiger partial charge on any atom is -0.472 e. The highest BCUT2D eigenvalue weighted by Crippen LogP contribution is 2.44. The normalized spacial score (nSPS) is 27.7. The highest BCUT2D eigenvalue weighted by Gasteiger charge is 2.45. The van der Waals surface area contributed by atoms with Crippen molar-refractivity contribution in [3.05, 3.63) is 59.9 Å². The molecular formula is C24H27N3O2. The Labute approximate surface area is 171 Å². The van der Waals surface area contributed by atoms with E-state index in [9.17, 15) is 0 Å². The van der Waals surface area contributed by atoms with Crippen LogP contribution in [0.1, 0.15) is 36.4 Å². The van der Waals surface area contributed by atoms with Gasteiger partial charge < -0.3 is 14.5 Å². The molecule has 0 unspecified atom stereocenters. The van der Waals surface area contributed by atoms with E-state index in [4.69, 9.17) is 9.47 Å². The van der Waals surface area contributed by atoms with Gasteiger partial charge in [-0.05, 0) is 43.4 Å². The number of hydrogen-bond acceptors (Lipinski definition) is 4. The molecule has 1 aromatic carbocycles. The van der Waals surface area contributed by atoms with Crippen molar-refractivity contribution in [2.24, 2.45) is 0 Å². The summed E-state index contributed by atoms with van der Waals surface area (Å²) in [6.07, 6.45) is 6.44. The van der Waals surface area contributed by atoms with Crippen LogP contribution >= 0.6 is 0 Å². The number of rotatable bonds is 3. The molecule has 29 heavy (non-hydrogen) atoms. The second kappa shape index (κ2) is 7.15. The van der Waals surface area contributed by atoms with Crippen LogP contribution in [0.25, 0.3) is 10.9 Å². The number of nitrogens with zero attached hydrogens (tertiary/aromatic N) is 2. The van der Waals surface area contributed by atoms with Crippen LogP contribution in [-0.4, -0.2) is 52.8 Å². The number of piperidine rings is 1. The lowest BCUT2D eigenvalue weighted by atomic mass is 9.75. The van der Waals surface area contributed by atoms with Crippen LogP contribution in [0.15, 0.2) is 48.7 Å². The summed E-state index contributed by atoms with van der Waals surface area (Å²) in [7, 11) is 0. The van der Waals surface area contributed by atoms with E-state index in [0.29, 0.717) is 18.0 Å². The highest BCUT2D eigenvalue weighted by molar-refractivity contribution is 5.85. The van der Waals surface area contributed by atoms with Crippen LogP contribution in [0.5, 0.6) is 5.88 Å². The van der Waals surface area contributed by atoms with Crippen molar-refractivity contribution in [3.8, 4) is 5.88 Å².